The molecule has 2 unspecified atom stereocenters. The van der Waals surface area contributed by atoms with Crippen LogP contribution in [0.25, 0.3) is 11.0 Å². The molecule has 4 rings (SSSR count). The van der Waals surface area contributed by atoms with Crippen LogP contribution in [-0.2, 0) is 18.0 Å². The normalized spacial score (nSPS) is 19.5. The van der Waals surface area contributed by atoms with Crippen molar-refractivity contribution < 1.29 is 17.9 Å². The zero-order chi connectivity index (χ0) is 27.6. The molecule has 0 saturated carbocycles. The van der Waals surface area contributed by atoms with Crippen LogP contribution in [0.15, 0.2) is 41.2 Å². The number of ether oxygens (including phenoxy) is 1. The molecule has 0 radical (unpaired) electrons. The fourth-order valence-corrected chi connectivity index (χ4v) is 5.17. The average Bonchev–Trinajstić information content (AvgIpc) is 2.90. The lowest BCUT2D eigenvalue weighted by atomic mass is 9.96. The number of piperazine rings is 1. The van der Waals surface area contributed by atoms with Gasteiger partial charge in [0.15, 0.2) is 5.82 Å². The zero-order valence-electron chi connectivity index (χ0n) is 21.9. The number of hydrogen-bond acceptors (Lipinski definition) is 7. The van der Waals surface area contributed by atoms with Gasteiger partial charge < -0.3 is 9.64 Å². The number of anilines is 1. The van der Waals surface area contributed by atoms with Crippen LogP contribution in [0.3, 0.4) is 0 Å². The maximum Gasteiger partial charge on any atom is 0.416 e. The number of nitriles is 1. The topological polar surface area (TPSA) is 87.3 Å². The molecular weight excluding hydrogens is 497 g/mol. The van der Waals surface area contributed by atoms with Gasteiger partial charge in [-0.25, -0.2) is 9.78 Å². The van der Waals surface area contributed by atoms with Crippen LogP contribution in [0.4, 0.5) is 19.0 Å². The molecule has 3 heterocycles. The van der Waals surface area contributed by atoms with Crippen molar-refractivity contribution in [1.29, 1.82) is 5.26 Å². The van der Waals surface area contributed by atoms with E-state index in [9.17, 15) is 23.2 Å². The van der Waals surface area contributed by atoms with Crippen LogP contribution in [0.5, 0.6) is 0 Å². The average molecular weight is 529 g/mol. The van der Waals surface area contributed by atoms with Gasteiger partial charge >= 0.3 is 11.9 Å². The molecule has 11 heteroatoms. The highest BCUT2D eigenvalue weighted by atomic mass is 19.4. The van der Waals surface area contributed by atoms with Gasteiger partial charge in [-0.3, -0.25) is 9.47 Å². The van der Waals surface area contributed by atoms with E-state index in [1.165, 1.54) is 4.57 Å². The van der Waals surface area contributed by atoms with Crippen molar-refractivity contribution in [1.82, 2.24) is 19.4 Å². The van der Waals surface area contributed by atoms with E-state index in [-0.39, 0.29) is 23.8 Å². The Labute approximate surface area is 219 Å². The number of aromatic nitrogens is 3. The monoisotopic (exact) mass is 528 g/mol. The fourth-order valence-electron chi connectivity index (χ4n) is 5.17. The molecule has 0 amide bonds. The number of rotatable bonds is 7. The smallest absolute Gasteiger partial charge is 0.380 e. The summed E-state index contributed by atoms with van der Waals surface area (Å²) in [5.41, 5.74) is 0.978. The molecule has 1 saturated heterocycles. The lowest BCUT2D eigenvalue weighted by molar-refractivity contribution is -0.137. The highest BCUT2D eigenvalue weighted by Crippen LogP contribution is 2.35. The number of nitrogens with zero attached hydrogens (tertiary/aromatic N) is 6. The Balaban J connectivity index is 1.72. The van der Waals surface area contributed by atoms with Gasteiger partial charge in [0.2, 0.25) is 0 Å². The molecule has 202 valence electrons. The summed E-state index contributed by atoms with van der Waals surface area (Å²) in [5.74, 6) is 0.413. The molecule has 3 aromatic rings. The first kappa shape index (κ1) is 27.5. The standard InChI is InChI=1S/C27H31F3N6O2/c1-5-22(18-7-9-19(10-8-18)27(28,29)30)36-14-17(3)35(15-21(36)16-38-6-2)25-24-23(34(4)26(37)33-25)12-11-20(13-31)32-24/h7-12,17,21-22H,5-6,14-16H2,1-4H3/t17?,21-,22?/m0/s1. The molecule has 1 fully saturated rings. The number of fused-ring (bicyclic) bond motifs is 1. The second kappa shape index (κ2) is 11.1. The van der Waals surface area contributed by atoms with Crippen LogP contribution in [0.1, 0.15) is 50.1 Å². The van der Waals surface area contributed by atoms with E-state index in [0.717, 1.165) is 17.7 Å². The van der Waals surface area contributed by atoms with E-state index in [2.05, 4.69) is 14.9 Å². The van der Waals surface area contributed by atoms with Gasteiger partial charge in [-0.1, -0.05) is 19.1 Å². The van der Waals surface area contributed by atoms with Crippen molar-refractivity contribution in [2.75, 3.05) is 31.2 Å². The molecule has 2 aromatic heterocycles. The van der Waals surface area contributed by atoms with Crippen molar-refractivity contribution in [3.8, 4) is 6.07 Å². The predicted octanol–water partition coefficient (Wildman–Crippen LogP) is 4.29. The highest BCUT2D eigenvalue weighted by molar-refractivity contribution is 5.86. The zero-order valence-corrected chi connectivity index (χ0v) is 21.9. The maximum atomic E-state index is 13.1. The first-order chi connectivity index (χ1) is 18.1. The summed E-state index contributed by atoms with van der Waals surface area (Å²) >= 11 is 0. The molecule has 3 atom stereocenters. The number of pyridine rings is 1. The number of aryl methyl sites for hydroxylation is 1. The molecule has 1 aliphatic rings. The van der Waals surface area contributed by atoms with Gasteiger partial charge in [0.1, 0.15) is 17.3 Å². The van der Waals surface area contributed by atoms with Crippen molar-refractivity contribution in [3.05, 3.63) is 63.7 Å². The van der Waals surface area contributed by atoms with Crippen molar-refractivity contribution in [2.24, 2.45) is 7.05 Å². The number of halogens is 3. The molecule has 0 bridgehead atoms. The molecule has 1 aromatic carbocycles. The van der Waals surface area contributed by atoms with Gasteiger partial charge in [-0.15, -0.1) is 0 Å². The van der Waals surface area contributed by atoms with Gasteiger partial charge in [0.05, 0.1) is 23.7 Å². The van der Waals surface area contributed by atoms with E-state index >= 15 is 0 Å². The molecule has 1 aliphatic heterocycles. The Morgan fingerprint density at radius 2 is 1.84 bits per heavy atom. The van der Waals surface area contributed by atoms with Crippen LogP contribution < -0.4 is 10.6 Å². The fraction of sp³-hybridized carbons (Fsp3) is 0.481. The Hall–Kier alpha value is -3.49. The van der Waals surface area contributed by atoms with E-state index in [1.807, 2.05) is 31.7 Å². The molecule has 38 heavy (non-hydrogen) atoms. The number of hydrogen-bond donors (Lipinski definition) is 0. The quantitative estimate of drug-likeness (QED) is 0.452. The van der Waals surface area contributed by atoms with Gasteiger partial charge in [0, 0.05) is 38.8 Å². The van der Waals surface area contributed by atoms with Gasteiger partial charge in [0.25, 0.3) is 0 Å². The Bertz CT molecular complexity index is 1380. The summed E-state index contributed by atoms with van der Waals surface area (Å²) in [4.78, 5) is 25.8. The van der Waals surface area contributed by atoms with Crippen molar-refractivity contribution in [2.45, 2.75) is 51.5 Å². The van der Waals surface area contributed by atoms with E-state index < -0.39 is 17.4 Å². The van der Waals surface area contributed by atoms with Gasteiger partial charge in [-0.2, -0.15) is 23.4 Å². The number of alkyl halides is 3. The first-order valence-corrected chi connectivity index (χ1v) is 12.6. The Kier molecular flexibility index (Phi) is 8.04. The molecular formula is C27H31F3N6O2. The van der Waals surface area contributed by atoms with E-state index in [0.29, 0.717) is 49.6 Å². The predicted molar refractivity (Wildman–Crippen MR) is 138 cm³/mol. The lowest BCUT2D eigenvalue weighted by Gasteiger charge is -2.48. The van der Waals surface area contributed by atoms with Crippen molar-refractivity contribution in [3.63, 3.8) is 0 Å². The summed E-state index contributed by atoms with van der Waals surface area (Å²) in [7, 11) is 1.62. The third kappa shape index (κ3) is 5.37. The summed E-state index contributed by atoms with van der Waals surface area (Å²) in [6, 6.07) is 10.3. The Morgan fingerprint density at radius 1 is 1.13 bits per heavy atom. The van der Waals surface area contributed by atoms with E-state index in [1.54, 1.807) is 31.3 Å². The third-order valence-corrected chi connectivity index (χ3v) is 7.13. The highest BCUT2D eigenvalue weighted by Gasteiger charge is 2.38. The maximum absolute atomic E-state index is 13.1. The summed E-state index contributed by atoms with van der Waals surface area (Å²) in [6.07, 6.45) is -3.69. The lowest BCUT2D eigenvalue weighted by Crippen LogP contribution is -2.60. The van der Waals surface area contributed by atoms with Crippen LogP contribution in [0, 0.1) is 11.3 Å². The second-order valence-corrected chi connectivity index (χ2v) is 9.51. The first-order valence-electron chi connectivity index (χ1n) is 12.6. The second-order valence-electron chi connectivity index (χ2n) is 9.51. The number of benzene rings is 1. The Morgan fingerprint density at radius 3 is 2.45 bits per heavy atom. The molecule has 0 N–H and O–H groups in total. The van der Waals surface area contributed by atoms with E-state index in [4.69, 9.17) is 4.74 Å². The van der Waals surface area contributed by atoms with Crippen LogP contribution >= 0.6 is 0 Å². The minimum Gasteiger partial charge on any atom is -0.380 e. The minimum atomic E-state index is -4.39. The van der Waals surface area contributed by atoms with Crippen LogP contribution in [0.2, 0.25) is 0 Å². The van der Waals surface area contributed by atoms with Crippen molar-refractivity contribution >= 4 is 16.9 Å². The largest absolute Gasteiger partial charge is 0.416 e. The summed E-state index contributed by atoms with van der Waals surface area (Å²) < 4.78 is 46.7. The third-order valence-electron chi connectivity index (χ3n) is 7.13. The molecule has 8 nitrogen and oxygen atoms in total. The minimum absolute atomic E-state index is 0.105. The van der Waals surface area contributed by atoms with Crippen LogP contribution in [-0.4, -0.2) is 57.8 Å². The van der Waals surface area contributed by atoms with Gasteiger partial charge in [-0.05, 0) is 50.1 Å². The SMILES string of the molecule is CCOC[C@@H]1CN(c2nc(=O)n(C)c3ccc(C#N)nc23)C(C)CN1C(CC)c1ccc(C(F)(F)F)cc1. The summed E-state index contributed by atoms with van der Waals surface area (Å²) in [5, 5.41) is 9.41. The summed E-state index contributed by atoms with van der Waals surface area (Å²) in [6.45, 7) is 7.88. The molecule has 0 aliphatic carbocycles. The molecule has 0 spiro atoms.